The Hall–Kier alpha value is -1.91. The maximum atomic E-state index is 10.9. The number of aromatic nitrogens is 2. The molecule has 0 aliphatic rings. The fourth-order valence-electron chi connectivity index (χ4n) is 3.10. The van der Waals surface area contributed by atoms with E-state index in [1.165, 1.54) is 5.56 Å². The van der Waals surface area contributed by atoms with Crippen LogP contribution < -0.4 is 0 Å². The number of imidazole rings is 1. The predicted octanol–water partition coefficient (Wildman–Crippen LogP) is 4.64. The van der Waals surface area contributed by atoms with E-state index in [1.54, 1.807) is 12.5 Å². The van der Waals surface area contributed by atoms with Gasteiger partial charge in [0.05, 0.1) is 6.33 Å². The third-order valence-corrected chi connectivity index (χ3v) is 4.49. The SMILES string of the molecule is Cc1cc(C)c(C(O)c2cc(Br)cc(-n3ccnc3)c2)c(C)c1. The molecule has 0 radical (unpaired) electrons. The fraction of sp³-hybridized carbons (Fsp3) is 0.211. The quantitative estimate of drug-likeness (QED) is 0.728. The van der Waals surface area contributed by atoms with Gasteiger partial charge in [0.2, 0.25) is 0 Å². The number of aliphatic hydroxyl groups is 1. The molecule has 3 rings (SSSR count). The van der Waals surface area contributed by atoms with Gasteiger partial charge in [-0.15, -0.1) is 0 Å². The molecule has 2 aromatic carbocycles. The second-order valence-corrected chi connectivity index (χ2v) is 6.84. The monoisotopic (exact) mass is 370 g/mol. The molecular weight excluding hydrogens is 352 g/mol. The zero-order chi connectivity index (χ0) is 16.6. The third-order valence-electron chi connectivity index (χ3n) is 4.03. The highest BCUT2D eigenvalue weighted by Gasteiger charge is 2.17. The van der Waals surface area contributed by atoms with Crippen LogP contribution >= 0.6 is 15.9 Å². The highest BCUT2D eigenvalue weighted by atomic mass is 79.9. The summed E-state index contributed by atoms with van der Waals surface area (Å²) in [5.74, 6) is 0. The second kappa shape index (κ2) is 6.30. The van der Waals surface area contributed by atoms with E-state index in [2.05, 4.69) is 40.0 Å². The van der Waals surface area contributed by atoms with Gasteiger partial charge in [0.1, 0.15) is 6.10 Å². The molecule has 0 spiro atoms. The van der Waals surface area contributed by atoms with E-state index in [1.807, 2.05) is 42.8 Å². The highest BCUT2D eigenvalue weighted by Crippen LogP contribution is 2.31. The van der Waals surface area contributed by atoms with Crippen molar-refractivity contribution >= 4 is 15.9 Å². The Kier molecular flexibility index (Phi) is 4.37. The predicted molar refractivity (Wildman–Crippen MR) is 96.0 cm³/mol. The van der Waals surface area contributed by atoms with Gasteiger partial charge in [-0.2, -0.15) is 0 Å². The van der Waals surface area contributed by atoms with Crippen molar-refractivity contribution in [2.45, 2.75) is 26.9 Å². The van der Waals surface area contributed by atoms with Crippen molar-refractivity contribution < 1.29 is 5.11 Å². The van der Waals surface area contributed by atoms with Crippen LogP contribution in [0.25, 0.3) is 5.69 Å². The largest absolute Gasteiger partial charge is 0.384 e. The van der Waals surface area contributed by atoms with Crippen molar-refractivity contribution in [3.8, 4) is 5.69 Å². The molecule has 0 amide bonds. The molecule has 0 saturated carbocycles. The minimum Gasteiger partial charge on any atom is -0.384 e. The van der Waals surface area contributed by atoms with Gasteiger partial charge in [0.25, 0.3) is 0 Å². The third kappa shape index (κ3) is 3.23. The number of aliphatic hydroxyl groups excluding tert-OH is 1. The van der Waals surface area contributed by atoms with Crippen LogP contribution in [0.1, 0.15) is 33.9 Å². The molecule has 1 aromatic heterocycles. The lowest BCUT2D eigenvalue weighted by Gasteiger charge is -2.19. The van der Waals surface area contributed by atoms with Crippen LogP contribution in [0.2, 0.25) is 0 Å². The van der Waals surface area contributed by atoms with E-state index in [0.717, 1.165) is 32.4 Å². The van der Waals surface area contributed by atoms with Gasteiger partial charge >= 0.3 is 0 Å². The van der Waals surface area contributed by atoms with Gasteiger partial charge < -0.3 is 9.67 Å². The molecule has 0 saturated heterocycles. The van der Waals surface area contributed by atoms with Crippen LogP contribution in [-0.4, -0.2) is 14.7 Å². The maximum Gasteiger partial charge on any atom is 0.105 e. The summed E-state index contributed by atoms with van der Waals surface area (Å²) in [6, 6.07) is 10.2. The van der Waals surface area contributed by atoms with Crippen LogP contribution in [0.4, 0.5) is 0 Å². The topological polar surface area (TPSA) is 38.0 Å². The molecule has 0 fully saturated rings. The summed E-state index contributed by atoms with van der Waals surface area (Å²) >= 11 is 3.54. The van der Waals surface area contributed by atoms with Gasteiger partial charge in [-0.1, -0.05) is 33.6 Å². The standard InChI is InChI=1S/C19H19BrN2O/c1-12-6-13(2)18(14(3)7-12)19(23)15-8-16(20)10-17(9-15)22-5-4-21-11-22/h4-11,19,23H,1-3H3. The van der Waals surface area contributed by atoms with Gasteiger partial charge in [-0.3, -0.25) is 0 Å². The number of halogens is 1. The van der Waals surface area contributed by atoms with Crippen LogP contribution in [0.5, 0.6) is 0 Å². The summed E-state index contributed by atoms with van der Waals surface area (Å²) in [6.07, 6.45) is 4.72. The molecule has 1 N–H and O–H groups in total. The first-order valence-electron chi connectivity index (χ1n) is 7.50. The smallest absolute Gasteiger partial charge is 0.105 e. The first-order valence-corrected chi connectivity index (χ1v) is 8.29. The second-order valence-electron chi connectivity index (χ2n) is 5.93. The van der Waals surface area contributed by atoms with Crippen LogP contribution in [0, 0.1) is 20.8 Å². The van der Waals surface area contributed by atoms with Crippen molar-refractivity contribution in [2.75, 3.05) is 0 Å². The Morgan fingerprint density at radius 2 is 1.74 bits per heavy atom. The number of nitrogens with zero attached hydrogens (tertiary/aromatic N) is 2. The summed E-state index contributed by atoms with van der Waals surface area (Å²) in [5, 5.41) is 10.9. The zero-order valence-electron chi connectivity index (χ0n) is 13.4. The Bertz CT molecular complexity index is 818. The summed E-state index contributed by atoms with van der Waals surface area (Å²) in [7, 11) is 0. The summed E-state index contributed by atoms with van der Waals surface area (Å²) < 4.78 is 2.86. The van der Waals surface area contributed by atoms with Crippen molar-refractivity contribution in [3.63, 3.8) is 0 Å². The molecule has 1 atom stereocenters. The molecule has 3 nitrogen and oxygen atoms in total. The van der Waals surface area contributed by atoms with E-state index in [0.29, 0.717) is 0 Å². The van der Waals surface area contributed by atoms with Crippen molar-refractivity contribution in [1.29, 1.82) is 0 Å². The van der Waals surface area contributed by atoms with Crippen LogP contribution in [-0.2, 0) is 0 Å². The number of hydrogen-bond acceptors (Lipinski definition) is 2. The van der Waals surface area contributed by atoms with Gasteiger partial charge in [0, 0.05) is 22.6 Å². The van der Waals surface area contributed by atoms with E-state index in [9.17, 15) is 5.11 Å². The molecule has 118 valence electrons. The summed E-state index contributed by atoms with van der Waals surface area (Å²) in [5.41, 5.74) is 6.24. The average Bonchev–Trinajstić information content (AvgIpc) is 2.99. The number of rotatable bonds is 3. The molecule has 4 heteroatoms. The molecular formula is C19H19BrN2O. The summed E-state index contributed by atoms with van der Waals surface area (Å²) in [4.78, 5) is 4.08. The van der Waals surface area contributed by atoms with Crippen LogP contribution in [0.3, 0.4) is 0 Å². The molecule has 1 heterocycles. The van der Waals surface area contributed by atoms with E-state index >= 15 is 0 Å². The molecule has 3 aromatic rings. The Morgan fingerprint density at radius 1 is 1.04 bits per heavy atom. The molecule has 0 aliphatic carbocycles. The number of aryl methyl sites for hydroxylation is 3. The lowest BCUT2D eigenvalue weighted by atomic mass is 9.92. The van der Waals surface area contributed by atoms with Crippen molar-refractivity contribution in [3.05, 3.63) is 81.3 Å². The molecule has 23 heavy (non-hydrogen) atoms. The molecule has 0 aliphatic heterocycles. The fourth-order valence-corrected chi connectivity index (χ4v) is 3.60. The average molecular weight is 371 g/mol. The first-order chi connectivity index (χ1) is 11.0. The van der Waals surface area contributed by atoms with E-state index < -0.39 is 6.10 Å². The van der Waals surface area contributed by atoms with Gasteiger partial charge in [-0.05, 0) is 61.2 Å². The minimum absolute atomic E-state index is 0.657. The van der Waals surface area contributed by atoms with Gasteiger partial charge in [0.15, 0.2) is 0 Å². The minimum atomic E-state index is -0.657. The number of hydrogen-bond donors (Lipinski definition) is 1. The Morgan fingerprint density at radius 3 is 2.35 bits per heavy atom. The Labute approximate surface area is 144 Å². The van der Waals surface area contributed by atoms with Crippen LogP contribution in [0.15, 0.2) is 53.5 Å². The number of benzene rings is 2. The zero-order valence-corrected chi connectivity index (χ0v) is 15.0. The van der Waals surface area contributed by atoms with E-state index in [4.69, 9.17) is 0 Å². The maximum absolute atomic E-state index is 10.9. The molecule has 0 bridgehead atoms. The first kappa shape index (κ1) is 16.0. The van der Waals surface area contributed by atoms with Crippen molar-refractivity contribution in [2.24, 2.45) is 0 Å². The summed E-state index contributed by atoms with van der Waals surface area (Å²) in [6.45, 7) is 6.17. The van der Waals surface area contributed by atoms with Crippen molar-refractivity contribution in [1.82, 2.24) is 9.55 Å². The lowest BCUT2D eigenvalue weighted by Crippen LogP contribution is -2.06. The Balaban J connectivity index is 2.08. The molecule has 1 unspecified atom stereocenters. The lowest BCUT2D eigenvalue weighted by molar-refractivity contribution is 0.218. The van der Waals surface area contributed by atoms with Gasteiger partial charge in [-0.25, -0.2) is 4.98 Å². The van der Waals surface area contributed by atoms with E-state index in [-0.39, 0.29) is 0 Å². The highest BCUT2D eigenvalue weighted by molar-refractivity contribution is 9.10. The normalized spacial score (nSPS) is 12.4.